The highest BCUT2D eigenvalue weighted by molar-refractivity contribution is 7.89. The maximum Gasteiger partial charge on any atom is 0.243 e. The minimum atomic E-state index is -3.55. The van der Waals surface area contributed by atoms with E-state index in [-0.39, 0.29) is 24.1 Å². The normalized spacial score (nSPS) is 16.4. The average molecular weight is 433 g/mol. The van der Waals surface area contributed by atoms with Gasteiger partial charge in [0, 0.05) is 25.3 Å². The van der Waals surface area contributed by atoms with E-state index in [0.717, 1.165) is 11.3 Å². The van der Waals surface area contributed by atoms with Crippen LogP contribution in [0.15, 0.2) is 47.4 Å². The van der Waals surface area contributed by atoms with Crippen LogP contribution in [0.4, 0.5) is 5.69 Å². The summed E-state index contributed by atoms with van der Waals surface area (Å²) in [6.45, 7) is 2.31. The molecule has 0 spiro atoms. The number of amides is 1. The lowest BCUT2D eigenvalue weighted by atomic mass is 10.2. The van der Waals surface area contributed by atoms with Gasteiger partial charge in [-0.25, -0.2) is 8.42 Å². The average Bonchev–Trinajstić information content (AvgIpc) is 3.23. The van der Waals surface area contributed by atoms with Crippen LogP contribution in [0.2, 0.25) is 0 Å². The van der Waals surface area contributed by atoms with Gasteiger partial charge in [-0.15, -0.1) is 0 Å². The van der Waals surface area contributed by atoms with Crippen molar-refractivity contribution in [2.75, 3.05) is 45.0 Å². The first-order chi connectivity index (χ1) is 14.5. The molecule has 9 nitrogen and oxygen atoms in total. The summed E-state index contributed by atoms with van der Waals surface area (Å²) < 4.78 is 42.5. The van der Waals surface area contributed by atoms with Gasteiger partial charge in [-0.05, 0) is 42.0 Å². The molecule has 0 radical (unpaired) electrons. The Hall–Kier alpha value is -2.66. The molecule has 2 aliphatic rings. The minimum absolute atomic E-state index is 0.113. The van der Waals surface area contributed by atoms with Crippen molar-refractivity contribution in [2.45, 2.75) is 11.4 Å². The summed E-state index contributed by atoms with van der Waals surface area (Å²) in [6, 6.07) is 11.8. The topological polar surface area (TPSA) is 106 Å². The van der Waals surface area contributed by atoms with Gasteiger partial charge in [0.25, 0.3) is 0 Å². The number of sulfonamides is 1. The molecule has 0 aromatic heterocycles. The molecule has 2 aromatic carbocycles. The van der Waals surface area contributed by atoms with Crippen molar-refractivity contribution in [3.05, 3.63) is 48.0 Å². The predicted octanol–water partition coefficient (Wildman–Crippen LogP) is 1.16. The Bertz CT molecular complexity index is 1000. The zero-order chi connectivity index (χ0) is 21.0. The van der Waals surface area contributed by atoms with E-state index in [4.69, 9.17) is 14.2 Å². The number of nitrogens with zero attached hydrogens (tertiary/aromatic N) is 1. The molecular weight excluding hydrogens is 410 g/mol. The van der Waals surface area contributed by atoms with Crippen LogP contribution < -0.4 is 20.1 Å². The number of anilines is 1. The molecule has 2 N–H and O–H groups in total. The minimum Gasteiger partial charge on any atom is -0.454 e. The summed E-state index contributed by atoms with van der Waals surface area (Å²) in [6.07, 6.45) is 0. The number of hydrogen-bond acceptors (Lipinski definition) is 7. The number of benzene rings is 2. The fraction of sp³-hybridized carbons (Fsp3) is 0.350. The fourth-order valence-corrected chi connectivity index (χ4v) is 4.63. The van der Waals surface area contributed by atoms with Crippen molar-refractivity contribution in [1.29, 1.82) is 0 Å². The summed E-state index contributed by atoms with van der Waals surface area (Å²) >= 11 is 0. The fourth-order valence-electron chi connectivity index (χ4n) is 3.22. The largest absolute Gasteiger partial charge is 0.454 e. The van der Waals surface area contributed by atoms with Crippen LogP contribution in [0.1, 0.15) is 5.56 Å². The maximum absolute atomic E-state index is 12.6. The van der Waals surface area contributed by atoms with E-state index < -0.39 is 10.0 Å². The molecule has 1 amide bonds. The van der Waals surface area contributed by atoms with Crippen LogP contribution in [0.25, 0.3) is 0 Å². The van der Waals surface area contributed by atoms with E-state index >= 15 is 0 Å². The van der Waals surface area contributed by atoms with Crippen LogP contribution in [0.5, 0.6) is 11.5 Å². The molecule has 2 aliphatic heterocycles. The molecule has 1 fully saturated rings. The number of carbonyl (C=O) groups is 1. The monoisotopic (exact) mass is 433 g/mol. The Kier molecular flexibility index (Phi) is 6.18. The van der Waals surface area contributed by atoms with Crippen LogP contribution >= 0.6 is 0 Å². The Morgan fingerprint density at radius 1 is 1.00 bits per heavy atom. The molecule has 160 valence electrons. The number of fused-ring (bicyclic) bond motifs is 1. The van der Waals surface area contributed by atoms with Crippen LogP contribution in [0.3, 0.4) is 0 Å². The van der Waals surface area contributed by atoms with Gasteiger partial charge in [0.05, 0.1) is 24.7 Å². The molecular formula is C20H23N3O6S. The number of morpholine rings is 1. The van der Waals surface area contributed by atoms with E-state index in [0.29, 0.717) is 44.3 Å². The first-order valence-corrected chi connectivity index (χ1v) is 11.0. The smallest absolute Gasteiger partial charge is 0.243 e. The van der Waals surface area contributed by atoms with Crippen molar-refractivity contribution in [1.82, 2.24) is 9.62 Å². The zero-order valence-corrected chi connectivity index (χ0v) is 17.1. The molecule has 0 atom stereocenters. The third-order valence-electron chi connectivity index (χ3n) is 4.80. The Morgan fingerprint density at radius 3 is 2.50 bits per heavy atom. The SMILES string of the molecule is O=C(CNCc1ccc2c(c1)OCO2)Nc1ccc(S(=O)(=O)N2CCOCC2)cc1. The van der Waals surface area contributed by atoms with Crippen molar-refractivity contribution in [3.63, 3.8) is 0 Å². The Labute approximate surface area is 175 Å². The summed E-state index contributed by atoms with van der Waals surface area (Å²) in [7, 11) is -3.55. The quantitative estimate of drug-likeness (QED) is 0.675. The second-order valence-corrected chi connectivity index (χ2v) is 8.82. The number of nitrogens with one attached hydrogen (secondary N) is 2. The van der Waals surface area contributed by atoms with E-state index in [1.807, 2.05) is 18.2 Å². The van der Waals surface area contributed by atoms with Gasteiger partial charge in [0.15, 0.2) is 11.5 Å². The van der Waals surface area contributed by atoms with Gasteiger partial charge in [-0.1, -0.05) is 6.07 Å². The van der Waals surface area contributed by atoms with Gasteiger partial charge in [0.1, 0.15) is 0 Å². The lowest BCUT2D eigenvalue weighted by Gasteiger charge is -2.26. The third-order valence-corrected chi connectivity index (χ3v) is 6.71. The van der Waals surface area contributed by atoms with Gasteiger partial charge >= 0.3 is 0 Å². The molecule has 1 saturated heterocycles. The van der Waals surface area contributed by atoms with E-state index in [2.05, 4.69) is 10.6 Å². The van der Waals surface area contributed by atoms with Crippen LogP contribution in [-0.4, -0.2) is 58.3 Å². The van der Waals surface area contributed by atoms with E-state index in [9.17, 15) is 13.2 Å². The number of carbonyl (C=O) groups excluding carboxylic acids is 1. The lowest BCUT2D eigenvalue weighted by Crippen LogP contribution is -2.40. The van der Waals surface area contributed by atoms with Gasteiger partial charge in [-0.2, -0.15) is 4.31 Å². The van der Waals surface area contributed by atoms with Gasteiger partial charge in [0.2, 0.25) is 22.7 Å². The van der Waals surface area contributed by atoms with Crippen molar-refractivity contribution in [2.24, 2.45) is 0 Å². The van der Waals surface area contributed by atoms with E-state index in [1.54, 1.807) is 12.1 Å². The summed E-state index contributed by atoms with van der Waals surface area (Å²) in [5.41, 5.74) is 1.51. The maximum atomic E-state index is 12.6. The summed E-state index contributed by atoms with van der Waals surface area (Å²) in [5.74, 6) is 1.20. The van der Waals surface area contributed by atoms with Crippen LogP contribution in [0, 0.1) is 0 Å². The third kappa shape index (κ3) is 4.73. The molecule has 10 heteroatoms. The molecule has 2 heterocycles. The van der Waals surface area contributed by atoms with Gasteiger partial charge in [-0.3, -0.25) is 4.79 Å². The van der Waals surface area contributed by atoms with Gasteiger partial charge < -0.3 is 24.8 Å². The Morgan fingerprint density at radius 2 is 1.73 bits per heavy atom. The molecule has 4 rings (SSSR count). The summed E-state index contributed by atoms with van der Waals surface area (Å²) in [5, 5.41) is 5.82. The highest BCUT2D eigenvalue weighted by atomic mass is 32.2. The van der Waals surface area contributed by atoms with Crippen molar-refractivity contribution < 1.29 is 27.4 Å². The van der Waals surface area contributed by atoms with E-state index in [1.165, 1.54) is 16.4 Å². The second-order valence-electron chi connectivity index (χ2n) is 6.88. The molecule has 0 bridgehead atoms. The number of hydrogen-bond donors (Lipinski definition) is 2. The Balaban J connectivity index is 1.27. The molecule has 0 aliphatic carbocycles. The second kappa shape index (κ2) is 9.00. The number of rotatable bonds is 7. The zero-order valence-electron chi connectivity index (χ0n) is 16.3. The molecule has 0 unspecified atom stereocenters. The number of ether oxygens (including phenoxy) is 3. The highest BCUT2D eigenvalue weighted by Crippen LogP contribution is 2.32. The first kappa shape index (κ1) is 20.6. The first-order valence-electron chi connectivity index (χ1n) is 9.59. The molecule has 2 aromatic rings. The van der Waals surface area contributed by atoms with Crippen molar-refractivity contribution in [3.8, 4) is 11.5 Å². The van der Waals surface area contributed by atoms with Crippen molar-refractivity contribution >= 4 is 21.6 Å². The molecule has 30 heavy (non-hydrogen) atoms. The highest BCUT2D eigenvalue weighted by Gasteiger charge is 2.26. The lowest BCUT2D eigenvalue weighted by molar-refractivity contribution is -0.115. The molecule has 0 saturated carbocycles. The summed E-state index contributed by atoms with van der Waals surface area (Å²) in [4.78, 5) is 12.4. The van der Waals surface area contributed by atoms with Crippen LogP contribution in [-0.2, 0) is 26.1 Å². The standard InChI is InChI=1S/C20H23N3O6S/c24-20(13-21-12-15-1-6-18-19(11-15)29-14-28-18)22-16-2-4-17(5-3-16)30(25,26)23-7-9-27-10-8-23/h1-6,11,21H,7-10,12-14H2,(H,22,24). The predicted molar refractivity (Wildman–Crippen MR) is 109 cm³/mol.